The summed E-state index contributed by atoms with van der Waals surface area (Å²) in [5.41, 5.74) is 5.23. The van der Waals surface area contributed by atoms with Gasteiger partial charge in [-0.25, -0.2) is 0 Å². The summed E-state index contributed by atoms with van der Waals surface area (Å²) in [7, 11) is 0. The third-order valence-corrected chi connectivity index (χ3v) is 15.9. The van der Waals surface area contributed by atoms with Gasteiger partial charge in [0.2, 0.25) is 47.3 Å². The number of rotatable bonds is 9. The zero-order valence-electron chi connectivity index (χ0n) is 41.8. The molecule has 8 amide bonds. The van der Waals surface area contributed by atoms with Crippen molar-refractivity contribution in [3.63, 3.8) is 0 Å². The largest absolute Gasteiger partial charge is 0.351 e. The second kappa shape index (κ2) is 22.4. The van der Waals surface area contributed by atoms with E-state index in [-0.39, 0.29) is 72.9 Å². The van der Waals surface area contributed by atoms with E-state index in [0.29, 0.717) is 90.4 Å². The fourth-order valence-corrected chi connectivity index (χ4v) is 12.2. The van der Waals surface area contributed by atoms with E-state index in [1.807, 2.05) is 109 Å². The van der Waals surface area contributed by atoms with Crippen LogP contribution in [0, 0.1) is 0 Å². The zero-order valence-corrected chi connectivity index (χ0v) is 41.8. The van der Waals surface area contributed by atoms with Crippen molar-refractivity contribution >= 4 is 47.3 Å². The Balaban J connectivity index is 0.869. The molecule has 0 aromatic heterocycles. The molecule has 74 heavy (non-hydrogen) atoms. The summed E-state index contributed by atoms with van der Waals surface area (Å²) in [6, 6.07) is 28.9. The van der Waals surface area contributed by atoms with Crippen molar-refractivity contribution < 1.29 is 38.4 Å². The fraction of sp³-hybridized carbons (Fsp3) is 0.448. The number of carbonyl (C=O) groups is 8. The summed E-state index contributed by atoms with van der Waals surface area (Å²) in [5.74, 6) is -2.40. The van der Waals surface area contributed by atoms with Gasteiger partial charge in [-0.15, -0.1) is 0 Å². The molecule has 4 aromatic rings. The summed E-state index contributed by atoms with van der Waals surface area (Å²) in [5, 5.41) is 12.3. The highest BCUT2D eigenvalue weighted by Crippen LogP contribution is 2.30. The lowest BCUT2D eigenvalue weighted by atomic mass is 9.96. The number of carbonyl (C=O) groups excluding carboxylic acids is 8. The van der Waals surface area contributed by atoms with Crippen molar-refractivity contribution in [3.05, 3.63) is 131 Å². The third-order valence-electron chi connectivity index (χ3n) is 15.9. The van der Waals surface area contributed by atoms with Crippen molar-refractivity contribution in [2.75, 3.05) is 26.2 Å². The predicted octanol–water partition coefficient (Wildman–Crippen LogP) is 3.63. The Bertz CT molecular complexity index is 2760. The highest BCUT2D eigenvalue weighted by Gasteiger charge is 2.46. The second-order valence-electron chi connectivity index (χ2n) is 21.0. The van der Waals surface area contributed by atoms with E-state index >= 15 is 0 Å². The minimum absolute atomic E-state index is 0.0532. The Morgan fingerprint density at radius 2 is 0.757 bits per heavy atom. The fourth-order valence-electron chi connectivity index (χ4n) is 12.2. The molecule has 0 aliphatic carbocycles. The average molecular weight is 1000 g/mol. The second-order valence-corrected chi connectivity index (χ2v) is 21.0. The molecular formula is C58H66N8O8. The highest BCUT2D eigenvalue weighted by molar-refractivity contribution is 5.97. The van der Waals surface area contributed by atoms with Gasteiger partial charge in [-0.2, -0.15) is 0 Å². The molecule has 16 heteroatoms. The minimum Gasteiger partial charge on any atom is -0.351 e. The van der Waals surface area contributed by atoms with E-state index in [1.54, 1.807) is 19.6 Å². The van der Waals surface area contributed by atoms with E-state index in [1.165, 1.54) is 0 Å². The van der Waals surface area contributed by atoms with Crippen LogP contribution in [-0.2, 0) is 64.0 Å². The van der Waals surface area contributed by atoms with E-state index < -0.39 is 48.3 Å². The van der Waals surface area contributed by atoms with Crippen molar-refractivity contribution in [2.24, 2.45) is 0 Å². The van der Waals surface area contributed by atoms with Crippen LogP contribution in [0.4, 0.5) is 0 Å². The van der Waals surface area contributed by atoms with Crippen LogP contribution >= 0.6 is 0 Å². The van der Waals surface area contributed by atoms with Gasteiger partial charge < -0.3 is 40.9 Å². The van der Waals surface area contributed by atoms with Crippen LogP contribution in [0.1, 0.15) is 86.5 Å². The number of nitrogens with one attached hydrogen (secondary N) is 4. The Labute approximate surface area is 432 Å². The maximum Gasteiger partial charge on any atom is 0.246 e. The molecule has 6 aliphatic heterocycles. The smallest absolute Gasteiger partial charge is 0.246 e. The first-order valence-electron chi connectivity index (χ1n) is 26.6. The number of fused-ring (bicyclic) bond motifs is 4. The summed E-state index contributed by atoms with van der Waals surface area (Å²) in [6.45, 7) is 1.64. The Morgan fingerprint density at radius 3 is 1.23 bits per heavy atom. The number of hydrogen-bond acceptors (Lipinski definition) is 8. The maximum absolute atomic E-state index is 14.7. The average Bonchev–Trinajstić information content (AvgIpc) is 4.27. The van der Waals surface area contributed by atoms with Crippen LogP contribution < -0.4 is 21.3 Å². The van der Waals surface area contributed by atoms with Gasteiger partial charge in [0, 0.05) is 63.9 Å². The molecule has 0 saturated carbocycles. The standard InChI is InChI=1S/C58H66N8O8/c67-51-36-44(60-54(70)48-19-9-27-64(48)57(73)49-20-10-28-65(49)55(71)45(61-51)33-38-14-5-2-6-15-38)32-39-22-24-41(25-23-39)42-17-7-16-40(30-42)34-46-56(72)66-29-11-21-50(66)58(74)63-26-8-18-47(63)53(69)59-43(35-52(68)62-46)31-37-12-3-1-4-13-37/h1-7,12-17,22-25,30,43-50H,8-11,18-21,26-29,31-36H2,(H,59,69)(H,60,70)(H,61,67)(H,62,68). The minimum atomic E-state index is -0.974. The zero-order chi connectivity index (χ0) is 51.3. The maximum atomic E-state index is 14.7. The molecule has 4 aromatic carbocycles. The Kier molecular flexibility index (Phi) is 15.2. The summed E-state index contributed by atoms with van der Waals surface area (Å²) >= 11 is 0. The van der Waals surface area contributed by atoms with E-state index in [4.69, 9.17) is 0 Å². The Hall–Kier alpha value is -7.36. The predicted molar refractivity (Wildman–Crippen MR) is 275 cm³/mol. The molecule has 6 aliphatic rings. The first-order chi connectivity index (χ1) is 35.9. The van der Waals surface area contributed by atoms with Crippen molar-refractivity contribution in [3.8, 4) is 11.1 Å². The Morgan fingerprint density at radius 1 is 0.365 bits per heavy atom. The number of benzene rings is 4. The normalized spacial score (nSPS) is 27.2. The molecule has 6 heterocycles. The lowest BCUT2D eigenvalue weighted by Gasteiger charge is -2.32. The van der Waals surface area contributed by atoms with Gasteiger partial charge in [-0.1, -0.05) is 109 Å². The van der Waals surface area contributed by atoms with Crippen molar-refractivity contribution in [1.29, 1.82) is 0 Å². The molecule has 0 radical (unpaired) electrons. The van der Waals surface area contributed by atoms with Gasteiger partial charge >= 0.3 is 0 Å². The van der Waals surface area contributed by atoms with E-state index in [2.05, 4.69) is 21.3 Å². The summed E-state index contributed by atoms with van der Waals surface area (Å²) in [4.78, 5) is 120. The highest BCUT2D eigenvalue weighted by atomic mass is 16.2. The first-order valence-corrected chi connectivity index (χ1v) is 26.6. The van der Waals surface area contributed by atoms with Crippen LogP contribution in [0.3, 0.4) is 0 Å². The first kappa shape index (κ1) is 50.2. The molecule has 0 bridgehead atoms. The number of amides is 8. The van der Waals surface area contributed by atoms with Gasteiger partial charge in [-0.05, 0) is 97.6 Å². The molecule has 8 atom stereocenters. The van der Waals surface area contributed by atoms with Gasteiger partial charge in [0.05, 0.1) is 0 Å². The van der Waals surface area contributed by atoms with Crippen LogP contribution in [-0.4, -0.2) is 141 Å². The van der Waals surface area contributed by atoms with Gasteiger partial charge in [0.15, 0.2) is 0 Å². The lowest BCUT2D eigenvalue weighted by Crippen LogP contribution is -2.56. The monoisotopic (exact) mass is 1000 g/mol. The van der Waals surface area contributed by atoms with Crippen molar-refractivity contribution in [2.45, 2.75) is 138 Å². The molecule has 0 spiro atoms. The third kappa shape index (κ3) is 11.2. The molecule has 4 N–H and O–H groups in total. The summed E-state index contributed by atoms with van der Waals surface area (Å²) < 4.78 is 0. The van der Waals surface area contributed by atoms with Gasteiger partial charge in [0.1, 0.15) is 36.3 Å². The van der Waals surface area contributed by atoms with Crippen LogP contribution in [0.25, 0.3) is 11.1 Å². The lowest BCUT2D eigenvalue weighted by molar-refractivity contribution is -0.147. The molecular weight excluding hydrogens is 937 g/mol. The number of nitrogens with zero attached hydrogens (tertiary/aromatic N) is 4. The van der Waals surface area contributed by atoms with E-state index in [9.17, 15) is 38.4 Å². The van der Waals surface area contributed by atoms with Crippen LogP contribution in [0.5, 0.6) is 0 Å². The van der Waals surface area contributed by atoms with Crippen LogP contribution in [0.15, 0.2) is 109 Å². The molecule has 10 rings (SSSR count). The van der Waals surface area contributed by atoms with E-state index in [0.717, 1.165) is 33.4 Å². The molecule has 6 saturated heterocycles. The van der Waals surface area contributed by atoms with Gasteiger partial charge in [-0.3, -0.25) is 38.4 Å². The topological polar surface area (TPSA) is 198 Å². The van der Waals surface area contributed by atoms with Crippen LogP contribution in [0.2, 0.25) is 0 Å². The molecule has 16 nitrogen and oxygen atoms in total. The SMILES string of the molecule is O=C1CC(Cc2ccc(-c3cccc(CC4NC(=O)CC(Cc5ccccc5)NC(=O)C5CCCN5C(=O)C5CCCN5C4=O)c3)cc2)NC(=O)C2CCCN2C(=O)C2CCCN2C(=O)C(Cc2ccccc2)N1. The molecule has 6 fully saturated rings. The quantitative estimate of drug-likeness (QED) is 0.195. The summed E-state index contributed by atoms with van der Waals surface area (Å²) in [6.07, 6.45) is 5.64. The molecule has 8 unspecified atom stereocenters. The number of hydrogen-bond donors (Lipinski definition) is 4. The van der Waals surface area contributed by atoms with Gasteiger partial charge in [0.25, 0.3) is 0 Å². The van der Waals surface area contributed by atoms with Crippen molar-refractivity contribution in [1.82, 2.24) is 40.9 Å². The molecule has 386 valence electrons.